The van der Waals surface area contributed by atoms with Gasteiger partial charge in [0.25, 0.3) is 0 Å². The highest BCUT2D eigenvalue weighted by Crippen LogP contribution is 2.88. The maximum absolute atomic E-state index is 14.4. The molecule has 10 nitrogen and oxygen atoms in total. The minimum Gasteiger partial charge on any atom is -0.444 e. The second-order valence-corrected chi connectivity index (χ2v) is 15.8. The number of aliphatic hydroxyl groups is 1. The maximum Gasteiger partial charge on any atom is 0.408 e. The summed E-state index contributed by atoms with van der Waals surface area (Å²) in [6.45, 7) is 15.8. The van der Waals surface area contributed by atoms with Crippen LogP contribution in [0.1, 0.15) is 107 Å². The molecule has 0 aromatic rings. The second kappa shape index (κ2) is 10.4. The third-order valence-corrected chi connectivity index (χ3v) is 11.0. The highest BCUT2D eigenvalue weighted by atomic mass is 16.6. The van der Waals surface area contributed by atoms with E-state index in [-0.39, 0.29) is 28.1 Å². The lowest BCUT2D eigenvalue weighted by Crippen LogP contribution is -2.59. The van der Waals surface area contributed by atoms with Crippen LogP contribution in [0.15, 0.2) is 0 Å². The number of rotatable bonds is 8. The van der Waals surface area contributed by atoms with Gasteiger partial charge in [0, 0.05) is 12.0 Å². The molecule has 3 saturated carbocycles. The molecule has 1 saturated heterocycles. The predicted molar refractivity (Wildman–Crippen MR) is 154 cm³/mol. The van der Waals surface area contributed by atoms with E-state index in [0.717, 1.165) is 38.5 Å². The molecule has 0 bridgehead atoms. The summed E-state index contributed by atoms with van der Waals surface area (Å²) in [5.41, 5.74) is 3.88. The first-order valence-corrected chi connectivity index (χ1v) is 15.3. The maximum atomic E-state index is 14.4. The van der Waals surface area contributed by atoms with Crippen molar-refractivity contribution in [1.82, 2.24) is 15.5 Å². The third-order valence-electron chi connectivity index (χ3n) is 11.0. The quantitative estimate of drug-likeness (QED) is 0.348. The molecule has 5 atom stereocenters. The highest BCUT2D eigenvalue weighted by Gasteiger charge is 2.85. The molecular weight excluding hydrogens is 524 g/mol. The van der Waals surface area contributed by atoms with Gasteiger partial charge in [0.1, 0.15) is 17.7 Å². The lowest BCUT2D eigenvalue weighted by molar-refractivity contribution is -0.143. The van der Waals surface area contributed by atoms with Crippen LogP contribution in [-0.2, 0) is 19.1 Å². The van der Waals surface area contributed by atoms with E-state index in [1.807, 2.05) is 20.8 Å². The monoisotopic (exact) mass is 576 g/mol. The summed E-state index contributed by atoms with van der Waals surface area (Å²) in [4.78, 5) is 54.8. The summed E-state index contributed by atoms with van der Waals surface area (Å²) in [5, 5.41) is 16.3. The number of ether oxygens (including phenoxy) is 1. The van der Waals surface area contributed by atoms with Crippen molar-refractivity contribution in [3.8, 4) is 0 Å². The van der Waals surface area contributed by atoms with E-state index in [1.54, 1.807) is 25.7 Å². The third kappa shape index (κ3) is 5.45. The van der Waals surface area contributed by atoms with Crippen molar-refractivity contribution in [2.75, 3.05) is 6.54 Å². The Kier molecular flexibility index (Phi) is 8.02. The largest absolute Gasteiger partial charge is 0.444 e. The summed E-state index contributed by atoms with van der Waals surface area (Å²) >= 11 is 0. The average molecular weight is 577 g/mol. The van der Waals surface area contributed by atoms with Gasteiger partial charge in [-0.25, -0.2) is 4.79 Å². The number of hydrogen-bond donors (Lipinski definition) is 4. The molecule has 3 aliphatic carbocycles. The van der Waals surface area contributed by atoms with Crippen LogP contribution < -0.4 is 16.4 Å². The van der Waals surface area contributed by atoms with Gasteiger partial charge in [-0.15, -0.1) is 0 Å². The van der Waals surface area contributed by atoms with Gasteiger partial charge in [0.2, 0.25) is 17.7 Å². The fourth-order valence-electron chi connectivity index (χ4n) is 8.14. The zero-order chi connectivity index (χ0) is 30.8. The Morgan fingerprint density at radius 2 is 1.61 bits per heavy atom. The van der Waals surface area contributed by atoms with Gasteiger partial charge < -0.3 is 31.1 Å². The fourth-order valence-corrected chi connectivity index (χ4v) is 8.14. The van der Waals surface area contributed by atoms with Crippen molar-refractivity contribution in [2.24, 2.45) is 33.3 Å². The minimum atomic E-state index is -1.51. The predicted octanol–water partition coefficient (Wildman–Crippen LogP) is 3.24. The van der Waals surface area contributed by atoms with Gasteiger partial charge in [-0.3, -0.25) is 14.4 Å². The smallest absolute Gasteiger partial charge is 0.408 e. The normalized spacial score (nSPS) is 28.7. The van der Waals surface area contributed by atoms with E-state index in [4.69, 9.17) is 10.5 Å². The number of carbonyl (C=O) groups excluding carboxylic acids is 4. The van der Waals surface area contributed by atoms with Gasteiger partial charge in [-0.2, -0.15) is 0 Å². The number of alkyl carbamates (subject to hydrolysis) is 1. The van der Waals surface area contributed by atoms with Gasteiger partial charge >= 0.3 is 6.09 Å². The Labute approximate surface area is 244 Å². The first-order chi connectivity index (χ1) is 18.8. The number of nitrogens with zero attached hydrogens (tertiary/aromatic N) is 1. The first-order valence-electron chi connectivity index (χ1n) is 15.3. The number of likely N-dealkylation sites (tertiary alicyclic amines) is 1. The lowest BCUT2D eigenvalue weighted by atomic mass is 9.73. The number of aliphatic hydroxyl groups excluding tert-OH is 1. The van der Waals surface area contributed by atoms with Crippen LogP contribution in [0, 0.1) is 27.6 Å². The standard InChI is InChI=1S/C31H52N4O6/c1-27(2,3)22(34-26(40)41-28(4,5)6)25(39)35-17-31(29(7,8)30(31)13-10-14-30)16-20(35)24(38)33-19(21(36)23(32)37)15-18-11-9-12-18/h18-22,36H,9-17H2,1-8H3,(H2,32,37)(H,33,38)(H,34,40)/t19?,20-,21?,22+,31+/m0/s1. The molecule has 4 amide bonds. The van der Waals surface area contributed by atoms with Crippen LogP contribution in [0.3, 0.4) is 0 Å². The van der Waals surface area contributed by atoms with E-state index in [9.17, 15) is 24.3 Å². The van der Waals surface area contributed by atoms with Crippen molar-refractivity contribution in [3.05, 3.63) is 0 Å². The van der Waals surface area contributed by atoms with E-state index < -0.39 is 47.2 Å². The summed E-state index contributed by atoms with van der Waals surface area (Å²) in [5.74, 6) is -1.28. The Hall–Kier alpha value is -2.36. The Balaban J connectivity index is 1.63. The molecule has 0 aromatic heterocycles. The fraction of sp³-hybridized carbons (Fsp3) is 0.871. The van der Waals surface area contributed by atoms with Crippen molar-refractivity contribution >= 4 is 23.8 Å². The zero-order valence-electron chi connectivity index (χ0n) is 26.3. The molecule has 10 heteroatoms. The van der Waals surface area contributed by atoms with Crippen molar-refractivity contribution in [3.63, 3.8) is 0 Å². The number of carbonyl (C=O) groups is 4. The molecule has 4 aliphatic rings. The SMILES string of the molecule is CC(C)(C)OC(=O)N[C@H](C(=O)N1C[C@]2(C[C@H]1C(=O)NC(CC1CCC1)C(O)C(N)=O)C(C)(C)C21CCC1)C(C)(C)C. The number of nitrogens with two attached hydrogens (primary N) is 1. The van der Waals surface area contributed by atoms with Crippen LogP contribution in [0.25, 0.3) is 0 Å². The van der Waals surface area contributed by atoms with Crippen LogP contribution in [-0.4, -0.2) is 70.2 Å². The number of amides is 4. The van der Waals surface area contributed by atoms with Gasteiger partial charge in [0.05, 0.1) is 6.04 Å². The second-order valence-electron chi connectivity index (χ2n) is 15.8. The van der Waals surface area contributed by atoms with Gasteiger partial charge in [-0.1, -0.05) is 60.3 Å². The number of nitrogens with one attached hydrogen (secondary N) is 2. The average Bonchev–Trinajstić information content (AvgIpc) is 3.01. The molecule has 4 rings (SSSR count). The van der Waals surface area contributed by atoms with E-state index in [2.05, 4.69) is 24.5 Å². The summed E-state index contributed by atoms with van der Waals surface area (Å²) < 4.78 is 5.48. The van der Waals surface area contributed by atoms with Crippen LogP contribution in [0.4, 0.5) is 4.79 Å². The number of fused-ring (bicyclic) bond motifs is 1. The summed E-state index contributed by atoms with van der Waals surface area (Å²) in [6, 6.07) is -2.54. The molecule has 232 valence electrons. The molecule has 2 spiro atoms. The molecule has 4 fully saturated rings. The molecule has 1 aliphatic heterocycles. The molecular formula is C31H52N4O6. The van der Waals surface area contributed by atoms with E-state index in [0.29, 0.717) is 25.3 Å². The first kappa shape index (κ1) is 31.6. The van der Waals surface area contributed by atoms with Crippen LogP contribution >= 0.6 is 0 Å². The van der Waals surface area contributed by atoms with Gasteiger partial charge in [0.15, 0.2) is 6.10 Å². The molecule has 0 radical (unpaired) electrons. The lowest BCUT2D eigenvalue weighted by Gasteiger charge is -2.37. The Morgan fingerprint density at radius 3 is 2.02 bits per heavy atom. The van der Waals surface area contributed by atoms with Crippen LogP contribution in [0.2, 0.25) is 0 Å². The summed E-state index contributed by atoms with van der Waals surface area (Å²) in [6.07, 6.45) is 5.09. The van der Waals surface area contributed by atoms with E-state index >= 15 is 0 Å². The number of hydrogen-bond acceptors (Lipinski definition) is 6. The van der Waals surface area contributed by atoms with Crippen molar-refractivity contribution in [2.45, 2.75) is 137 Å². The highest BCUT2D eigenvalue weighted by molar-refractivity contribution is 5.93. The Bertz CT molecular complexity index is 1070. The van der Waals surface area contributed by atoms with E-state index in [1.165, 1.54) is 0 Å². The topological polar surface area (TPSA) is 151 Å². The Morgan fingerprint density at radius 1 is 1.00 bits per heavy atom. The van der Waals surface area contributed by atoms with Gasteiger partial charge in [-0.05, 0) is 68.6 Å². The molecule has 2 unspecified atom stereocenters. The molecule has 5 N–H and O–H groups in total. The molecule has 1 heterocycles. The molecule has 0 aromatic carbocycles. The van der Waals surface area contributed by atoms with Crippen LogP contribution in [0.5, 0.6) is 0 Å². The van der Waals surface area contributed by atoms with Crippen molar-refractivity contribution < 1.29 is 29.0 Å². The summed E-state index contributed by atoms with van der Waals surface area (Å²) in [7, 11) is 0. The number of primary amides is 1. The molecule has 41 heavy (non-hydrogen) atoms. The van der Waals surface area contributed by atoms with Crippen molar-refractivity contribution in [1.29, 1.82) is 0 Å². The minimum absolute atomic E-state index is 0.0420. The zero-order valence-corrected chi connectivity index (χ0v) is 26.3.